The van der Waals surface area contributed by atoms with Crippen LogP contribution in [0.15, 0.2) is 0 Å². The molecule has 5 nitrogen and oxygen atoms in total. The van der Waals surface area contributed by atoms with E-state index in [0.717, 1.165) is 12.8 Å². The summed E-state index contributed by atoms with van der Waals surface area (Å²) in [6.45, 7) is 0.419. The van der Waals surface area contributed by atoms with Gasteiger partial charge in [-0.15, -0.1) is 0 Å². The van der Waals surface area contributed by atoms with Crippen molar-refractivity contribution in [3.05, 3.63) is 0 Å². The fraction of sp³-hybridized carbons (Fsp3) is 0.750. The van der Waals surface area contributed by atoms with E-state index in [1.54, 1.807) is 0 Å². The van der Waals surface area contributed by atoms with E-state index in [9.17, 15) is 9.59 Å². The van der Waals surface area contributed by atoms with Crippen molar-refractivity contribution in [1.82, 2.24) is 5.32 Å². The first-order valence-electron chi connectivity index (χ1n) is 4.42. The number of carbonyl (C=O) groups is 2. The summed E-state index contributed by atoms with van der Waals surface area (Å²) >= 11 is 5.07. The number of rotatable bonds is 8. The molecule has 0 aromatic heterocycles. The van der Waals surface area contributed by atoms with Crippen LogP contribution in [0.4, 0.5) is 0 Å². The Kier molecular flexibility index (Phi) is 7.37. The van der Waals surface area contributed by atoms with Gasteiger partial charge in [-0.25, -0.2) is 0 Å². The second kappa shape index (κ2) is 7.73. The Hall–Kier alpha value is -0.650. The maximum atomic E-state index is 10.7. The van der Waals surface area contributed by atoms with Gasteiger partial charge in [0, 0.05) is 0 Å². The minimum atomic E-state index is -0.972. The molecule has 0 fully saturated rings. The van der Waals surface area contributed by atoms with Gasteiger partial charge in [0.15, 0.2) is 0 Å². The van der Waals surface area contributed by atoms with Gasteiger partial charge < -0.3 is 10.8 Å². The molecule has 14 heavy (non-hydrogen) atoms. The van der Waals surface area contributed by atoms with Crippen LogP contribution in [0, 0.1) is 0 Å². The molecule has 4 N–H and O–H groups in total. The third kappa shape index (κ3) is 6.82. The highest BCUT2D eigenvalue weighted by atomic mass is 35.5. The van der Waals surface area contributed by atoms with Crippen LogP contribution < -0.4 is 11.1 Å². The van der Waals surface area contributed by atoms with E-state index in [0.29, 0.717) is 13.0 Å². The second-order valence-corrected chi connectivity index (χ2v) is 3.33. The van der Waals surface area contributed by atoms with Crippen LogP contribution in [-0.2, 0) is 9.59 Å². The standard InChI is InChI=1S/C8H15ClN2O3/c9-7(12)5-11-6(8(13)14)3-1-2-4-10/h6,11H,1-5,10H2,(H,13,14)/t6-/m0/s1. The Bertz CT molecular complexity index is 199. The Labute approximate surface area is 87.6 Å². The topological polar surface area (TPSA) is 92.4 Å². The fourth-order valence-electron chi connectivity index (χ4n) is 1.01. The van der Waals surface area contributed by atoms with Crippen molar-refractivity contribution in [3.8, 4) is 0 Å². The smallest absolute Gasteiger partial charge is 0.320 e. The van der Waals surface area contributed by atoms with E-state index in [-0.39, 0.29) is 6.54 Å². The monoisotopic (exact) mass is 222 g/mol. The van der Waals surface area contributed by atoms with Crippen molar-refractivity contribution >= 4 is 22.8 Å². The number of hydrogen-bond donors (Lipinski definition) is 3. The molecule has 6 heteroatoms. The lowest BCUT2D eigenvalue weighted by molar-refractivity contribution is -0.139. The van der Waals surface area contributed by atoms with Gasteiger partial charge in [-0.2, -0.15) is 0 Å². The van der Waals surface area contributed by atoms with E-state index in [2.05, 4.69) is 5.32 Å². The van der Waals surface area contributed by atoms with Gasteiger partial charge >= 0.3 is 5.97 Å². The zero-order chi connectivity index (χ0) is 11.0. The molecule has 0 radical (unpaired) electrons. The lowest BCUT2D eigenvalue weighted by Crippen LogP contribution is -2.38. The Balaban J connectivity index is 3.78. The molecule has 0 amide bonds. The molecule has 82 valence electrons. The molecule has 0 rings (SSSR count). The number of carbonyl (C=O) groups excluding carboxylic acids is 1. The quantitative estimate of drug-likeness (QED) is 0.395. The molecule has 0 aliphatic carbocycles. The molecule has 1 atom stereocenters. The number of unbranched alkanes of at least 4 members (excludes halogenated alkanes) is 1. The zero-order valence-electron chi connectivity index (χ0n) is 7.83. The van der Waals surface area contributed by atoms with Gasteiger partial charge in [0.25, 0.3) is 0 Å². The molecule has 0 unspecified atom stereocenters. The summed E-state index contributed by atoms with van der Waals surface area (Å²) in [5.41, 5.74) is 5.27. The number of halogens is 1. The molecule has 0 heterocycles. The van der Waals surface area contributed by atoms with Crippen LogP contribution in [0.1, 0.15) is 19.3 Å². The number of aliphatic carboxylic acids is 1. The van der Waals surface area contributed by atoms with Crippen molar-refractivity contribution in [3.63, 3.8) is 0 Å². The zero-order valence-corrected chi connectivity index (χ0v) is 8.59. The van der Waals surface area contributed by atoms with Gasteiger partial charge in [-0.1, -0.05) is 6.42 Å². The highest BCUT2D eigenvalue weighted by Gasteiger charge is 2.16. The largest absolute Gasteiger partial charge is 0.480 e. The maximum absolute atomic E-state index is 10.7. The molecule has 0 aliphatic rings. The van der Waals surface area contributed by atoms with Crippen molar-refractivity contribution in [2.75, 3.05) is 13.1 Å². The molecule has 0 saturated carbocycles. The predicted octanol–water partition coefficient (Wildman–Crippen LogP) is -0.0764. The van der Waals surface area contributed by atoms with Crippen LogP contribution in [0.3, 0.4) is 0 Å². The molecule has 0 bridgehead atoms. The minimum Gasteiger partial charge on any atom is -0.480 e. The highest BCUT2D eigenvalue weighted by Crippen LogP contribution is 2.00. The van der Waals surface area contributed by atoms with Gasteiger partial charge in [0.05, 0.1) is 6.54 Å². The Morgan fingerprint density at radius 3 is 2.50 bits per heavy atom. The van der Waals surface area contributed by atoms with Gasteiger partial charge in [-0.3, -0.25) is 14.9 Å². The second-order valence-electron chi connectivity index (χ2n) is 2.91. The molecule has 0 aliphatic heterocycles. The van der Waals surface area contributed by atoms with Crippen LogP contribution in [0.25, 0.3) is 0 Å². The first-order valence-corrected chi connectivity index (χ1v) is 4.80. The lowest BCUT2D eigenvalue weighted by atomic mass is 10.1. The fourth-order valence-corrected chi connectivity index (χ4v) is 1.09. The molecule has 0 aromatic carbocycles. The number of carboxylic acid groups (broad SMARTS) is 1. The van der Waals surface area contributed by atoms with E-state index in [1.165, 1.54) is 0 Å². The van der Waals surface area contributed by atoms with Crippen molar-refractivity contribution in [2.24, 2.45) is 5.73 Å². The Morgan fingerprint density at radius 2 is 2.07 bits per heavy atom. The third-order valence-electron chi connectivity index (χ3n) is 1.73. The van der Waals surface area contributed by atoms with Crippen molar-refractivity contribution < 1.29 is 14.7 Å². The predicted molar refractivity (Wildman–Crippen MR) is 53.2 cm³/mol. The Morgan fingerprint density at radius 1 is 1.43 bits per heavy atom. The average molecular weight is 223 g/mol. The summed E-state index contributed by atoms with van der Waals surface area (Å²) in [6, 6.07) is -0.718. The number of nitrogens with one attached hydrogen (secondary N) is 1. The number of nitrogens with two attached hydrogens (primary N) is 1. The summed E-state index contributed by atoms with van der Waals surface area (Å²) in [4.78, 5) is 21.0. The van der Waals surface area contributed by atoms with E-state index in [1.807, 2.05) is 0 Å². The lowest BCUT2D eigenvalue weighted by Gasteiger charge is -2.12. The summed E-state index contributed by atoms with van der Waals surface area (Å²) in [7, 11) is 0. The van der Waals surface area contributed by atoms with E-state index >= 15 is 0 Å². The van der Waals surface area contributed by atoms with Gasteiger partial charge in [0.1, 0.15) is 6.04 Å². The highest BCUT2D eigenvalue weighted by molar-refractivity contribution is 6.64. The normalized spacial score (nSPS) is 12.4. The first kappa shape index (κ1) is 13.4. The van der Waals surface area contributed by atoms with Gasteiger partial charge in [-0.05, 0) is 31.0 Å². The molecule has 0 aromatic rings. The summed E-state index contributed by atoms with van der Waals surface area (Å²) in [5, 5.41) is 10.7. The molecular weight excluding hydrogens is 208 g/mol. The van der Waals surface area contributed by atoms with Crippen molar-refractivity contribution in [1.29, 1.82) is 0 Å². The third-order valence-corrected chi connectivity index (χ3v) is 1.87. The molecule has 0 saturated heterocycles. The summed E-state index contributed by atoms with van der Waals surface area (Å²) in [6.07, 6.45) is 1.95. The summed E-state index contributed by atoms with van der Waals surface area (Å²) < 4.78 is 0. The van der Waals surface area contributed by atoms with Crippen LogP contribution >= 0.6 is 11.6 Å². The van der Waals surface area contributed by atoms with Crippen LogP contribution in [-0.4, -0.2) is 35.4 Å². The minimum absolute atomic E-state index is 0.124. The molecule has 0 spiro atoms. The number of hydrogen-bond acceptors (Lipinski definition) is 4. The van der Waals surface area contributed by atoms with Gasteiger partial charge in [0.2, 0.25) is 5.24 Å². The van der Waals surface area contributed by atoms with Crippen LogP contribution in [0.5, 0.6) is 0 Å². The SMILES string of the molecule is NCCCC[C@H](NCC(=O)Cl)C(=O)O. The number of carboxylic acids is 1. The van der Waals surface area contributed by atoms with E-state index in [4.69, 9.17) is 22.4 Å². The van der Waals surface area contributed by atoms with Crippen LogP contribution in [0.2, 0.25) is 0 Å². The molecular formula is C8H15ClN2O3. The summed E-state index contributed by atoms with van der Waals surface area (Å²) in [5.74, 6) is -0.972. The average Bonchev–Trinajstić information content (AvgIpc) is 2.10. The first-order chi connectivity index (χ1) is 6.57. The van der Waals surface area contributed by atoms with E-state index < -0.39 is 17.3 Å². The maximum Gasteiger partial charge on any atom is 0.320 e. The van der Waals surface area contributed by atoms with Crippen molar-refractivity contribution in [2.45, 2.75) is 25.3 Å².